The lowest BCUT2D eigenvalue weighted by molar-refractivity contribution is 0.230. The van der Waals surface area contributed by atoms with Gasteiger partial charge in [0.25, 0.3) is 0 Å². The molecule has 1 rings (SSSR count). The molecule has 0 amide bonds. The summed E-state index contributed by atoms with van der Waals surface area (Å²) in [4.78, 5) is 0. The quantitative estimate of drug-likeness (QED) is 0.140. The van der Waals surface area contributed by atoms with Crippen LogP contribution in [0.1, 0.15) is 116 Å². The summed E-state index contributed by atoms with van der Waals surface area (Å²) < 4.78 is 12.9. The SMILES string of the molecule is CCCCCCCCCCCCCCCCO[Si](CC)(CC)Oc1ccc(Cl)cc1C. The Morgan fingerprint density at radius 1 is 0.710 bits per heavy atom. The van der Waals surface area contributed by atoms with E-state index in [2.05, 4.69) is 27.7 Å². The molecule has 4 heteroatoms. The Hall–Kier alpha value is -0.513. The van der Waals surface area contributed by atoms with Crippen molar-refractivity contribution in [2.75, 3.05) is 6.61 Å². The third-order valence-corrected chi connectivity index (χ3v) is 10.1. The van der Waals surface area contributed by atoms with Crippen LogP contribution in [0.5, 0.6) is 5.75 Å². The fraction of sp³-hybridized carbons (Fsp3) is 0.778. The molecule has 0 unspecified atom stereocenters. The minimum Gasteiger partial charge on any atom is -0.520 e. The predicted octanol–water partition coefficient (Wildman–Crippen LogP) is 10.0. The second-order valence-corrected chi connectivity index (χ2v) is 13.2. The van der Waals surface area contributed by atoms with Crippen molar-refractivity contribution < 1.29 is 8.85 Å². The molecular weight excluding hydrogens is 420 g/mol. The van der Waals surface area contributed by atoms with Crippen LogP contribution < -0.4 is 4.43 Å². The molecule has 2 nitrogen and oxygen atoms in total. The van der Waals surface area contributed by atoms with E-state index in [-0.39, 0.29) is 0 Å². The molecule has 0 saturated carbocycles. The first-order chi connectivity index (χ1) is 15.1. The average Bonchev–Trinajstić information content (AvgIpc) is 2.77. The summed E-state index contributed by atoms with van der Waals surface area (Å²) in [6.45, 7) is 9.58. The summed E-state index contributed by atoms with van der Waals surface area (Å²) in [6.07, 6.45) is 19.4. The zero-order chi connectivity index (χ0) is 22.8. The molecule has 0 bridgehead atoms. The molecule has 31 heavy (non-hydrogen) atoms. The van der Waals surface area contributed by atoms with Crippen LogP contribution in [0.25, 0.3) is 0 Å². The first-order valence-corrected chi connectivity index (χ1v) is 15.8. The maximum atomic E-state index is 6.46. The van der Waals surface area contributed by atoms with Crippen molar-refractivity contribution in [3.63, 3.8) is 0 Å². The van der Waals surface area contributed by atoms with Crippen LogP contribution in [0.3, 0.4) is 0 Å². The van der Waals surface area contributed by atoms with Gasteiger partial charge >= 0.3 is 8.56 Å². The lowest BCUT2D eigenvalue weighted by atomic mass is 10.0. The standard InChI is InChI=1S/C27H49ClO2Si/c1-5-8-9-10-11-12-13-14-15-16-17-18-19-20-23-29-31(6-2,7-3)30-27-22-21-26(28)24-25(27)4/h21-22,24H,5-20,23H2,1-4H3. The van der Waals surface area contributed by atoms with Gasteiger partial charge in [-0.1, -0.05) is 116 Å². The van der Waals surface area contributed by atoms with E-state index in [1.807, 2.05) is 18.2 Å². The lowest BCUT2D eigenvalue weighted by Crippen LogP contribution is -2.44. The second-order valence-electron chi connectivity index (χ2n) is 9.07. The van der Waals surface area contributed by atoms with Gasteiger partial charge in [-0.15, -0.1) is 0 Å². The minimum atomic E-state index is -2.18. The second kappa shape index (κ2) is 18.0. The third kappa shape index (κ3) is 12.9. The van der Waals surface area contributed by atoms with Gasteiger partial charge in [-0.3, -0.25) is 0 Å². The number of aryl methyl sites for hydroxylation is 1. The maximum absolute atomic E-state index is 6.46. The first kappa shape index (κ1) is 28.5. The fourth-order valence-corrected chi connectivity index (χ4v) is 6.74. The van der Waals surface area contributed by atoms with Crippen molar-refractivity contribution >= 4 is 20.2 Å². The van der Waals surface area contributed by atoms with E-state index in [0.717, 1.165) is 41.5 Å². The Bertz CT molecular complexity index is 560. The topological polar surface area (TPSA) is 18.5 Å². The van der Waals surface area contributed by atoms with E-state index in [1.165, 1.54) is 83.5 Å². The molecule has 0 fully saturated rings. The van der Waals surface area contributed by atoms with Gasteiger partial charge in [0, 0.05) is 11.6 Å². The molecule has 0 heterocycles. The van der Waals surface area contributed by atoms with Crippen molar-refractivity contribution in [3.8, 4) is 5.75 Å². The smallest absolute Gasteiger partial charge is 0.398 e. The molecule has 0 aliphatic heterocycles. The summed E-state index contributed by atoms with van der Waals surface area (Å²) >= 11 is 6.09. The van der Waals surface area contributed by atoms with Crippen molar-refractivity contribution in [1.82, 2.24) is 0 Å². The summed E-state index contributed by atoms with van der Waals surface area (Å²) in [7, 11) is -2.18. The number of halogens is 1. The molecule has 0 aliphatic rings. The normalized spacial score (nSPS) is 11.8. The van der Waals surface area contributed by atoms with Crippen molar-refractivity contribution in [1.29, 1.82) is 0 Å². The van der Waals surface area contributed by atoms with Gasteiger partial charge in [0.05, 0.1) is 0 Å². The van der Waals surface area contributed by atoms with Crippen molar-refractivity contribution in [2.24, 2.45) is 0 Å². The van der Waals surface area contributed by atoms with Crippen LogP contribution in [0, 0.1) is 6.92 Å². The molecule has 1 aromatic rings. The number of hydrogen-bond acceptors (Lipinski definition) is 2. The first-order valence-electron chi connectivity index (χ1n) is 13.2. The Morgan fingerprint density at radius 3 is 1.65 bits per heavy atom. The highest BCUT2D eigenvalue weighted by Gasteiger charge is 2.36. The number of rotatable bonds is 20. The predicted molar refractivity (Wildman–Crippen MR) is 140 cm³/mol. The van der Waals surface area contributed by atoms with Gasteiger partial charge in [0.2, 0.25) is 0 Å². The summed E-state index contributed by atoms with van der Waals surface area (Å²) in [5, 5.41) is 0.758. The Kier molecular flexibility index (Phi) is 16.5. The number of unbranched alkanes of at least 4 members (excludes halogenated alkanes) is 13. The lowest BCUT2D eigenvalue weighted by Gasteiger charge is -2.30. The molecule has 0 spiro atoms. The maximum Gasteiger partial charge on any atom is 0.398 e. The largest absolute Gasteiger partial charge is 0.520 e. The van der Waals surface area contributed by atoms with Crippen LogP contribution in [0.4, 0.5) is 0 Å². The van der Waals surface area contributed by atoms with Crippen LogP contribution >= 0.6 is 11.6 Å². The molecule has 0 saturated heterocycles. The highest BCUT2D eigenvalue weighted by molar-refractivity contribution is 6.68. The molecular formula is C27H49ClO2Si. The van der Waals surface area contributed by atoms with Gasteiger partial charge in [-0.25, -0.2) is 0 Å². The molecule has 0 radical (unpaired) electrons. The molecule has 0 N–H and O–H groups in total. The van der Waals surface area contributed by atoms with Crippen LogP contribution in [0.15, 0.2) is 18.2 Å². The van der Waals surface area contributed by atoms with E-state index in [0.29, 0.717) is 0 Å². The summed E-state index contributed by atoms with van der Waals surface area (Å²) in [5.74, 6) is 0.931. The number of hydrogen-bond donors (Lipinski definition) is 0. The number of benzene rings is 1. The zero-order valence-corrected chi connectivity index (χ0v) is 22.7. The Morgan fingerprint density at radius 2 is 1.19 bits per heavy atom. The summed E-state index contributed by atoms with van der Waals surface area (Å²) in [6, 6.07) is 7.81. The Labute approximate surface area is 199 Å². The van der Waals surface area contributed by atoms with E-state index in [9.17, 15) is 0 Å². The zero-order valence-electron chi connectivity index (χ0n) is 20.9. The van der Waals surface area contributed by atoms with Gasteiger partial charge in [-0.2, -0.15) is 0 Å². The highest BCUT2D eigenvalue weighted by Crippen LogP contribution is 2.28. The average molecular weight is 469 g/mol. The Balaban J connectivity index is 2.09. The molecule has 1 aromatic carbocycles. The van der Waals surface area contributed by atoms with Crippen LogP contribution in [0.2, 0.25) is 17.1 Å². The van der Waals surface area contributed by atoms with Gasteiger partial charge in [-0.05, 0) is 49.2 Å². The van der Waals surface area contributed by atoms with E-state index < -0.39 is 8.56 Å². The highest BCUT2D eigenvalue weighted by atomic mass is 35.5. The van der Waals surface area contributed by atoms with Gasteiger partial charge in [0.1, 0.15) is 5.75 Å². The van der Waals surface area contributed by atoms with E-state index in [4.69, 9.17) is 20.5 Å². The molecule has 0 atom stereocenters. The molecule has 180 valence electrons. The van der Waals surface area contributed by atoms with Crippen molar-refractivity contribution in [3.05, 3.63) is 28.8 Å². The molecule has 0 aromatic heterocycles. The minimum absolute atomic E-state index is 0.758. The van der Waals surface area contributed by atoms with Crippen LogP contribution in [-0.4, -0.2) is 15.2 Å². The molecule has 0 aliphatic carbocycles. The van der Waals surface area contributed by atoms with E-state index >= 15 is 0 Å². The van der Waals surface area contributed by atoms with Crippen molar-refractivity contribution in [2.45, 2.75) is 130 Å². The van der Waals surface area contributed by atoms with Gasteiger partial charge in [0.15, 0.2) is 0 Å². The van der Waals surface area contributed by atoms with Crippen LogP contribution in [-0.2, 0) is 4.43 Å². The van der Waals surface area contributed by atoms with Gasteiger partial charge < -0.3 is 8.85 Å². The monoisotopic (exact) mass is 468 g/mol. The summed E-state index contributed by atoms with van der Waals surface area (Å²) in [5.41, 5.74) is 1.09. The third-order valence-electron chi connectivity index (χ3n) is 6.37. The van der Waals surface area contributed by atoms with E-state index in [1.54, 1.807) is 0 Å². The fourth-order valence-electron chi connectivity index (χ4n) is 4.11.